The molecule has 78 valence electrons. The van der Waals surface area contributed by atoms with Gasteiger partial charge in [0.2, 0.25) is 0 Å². The molecule has 0 saturated carbocycles. The molecule has 0 fully saturated rings. The van der Waals surface area contributed by atoms with Crippen molar-refractivity contribution in [2.45, 2.75) is 13.3 Å². The summed E-state index contributed by atoms with van der Waals surface area (Å²) in [5, 5.41) is 3.88. The molecule has 0 bridgehead atoms. The van der Waals surface area contributed by atoms with Crippen molar-refractivity contribution in [3.63, 3.8) is 0 Å². The zero-order chi connectivity index (χ0) is 10.6. The lowest BCUT2D eigenvalue weighted by molar-refractivity contribution is 0.411. The van der Waals surface area contributed by atoms with Crippen LogP contribution in [0.25, 0.3) is 0 Å². The molecule has 0 aliphatic carbocycles. The number of halogens is 1. The molecule has 3 heteroatoms. The summed E-state index contributed by atoms with van der Waals surface area (Å²) in [6, 6.07) is 4.04. The first kappa shape index (κ1) is 11.3. The highest BCUT2D eigenvalue weighted by atomic mass is 35.5. The highest BCUT2D eigenvalue weighted by Gasteiger charge is 2.05. The van der Waals surface area contributed by atoms with Crippen LogP contribution in [0.15, 0.2) is 12.1 Å². The molecule has 1 N–H and O–H groups in total. The predicted molar refractivity (Wildman–Crippen MR) is 60.4 cm³/mol. The van der Waals surface area contributed by atoms with Gasteiger partial charge in [-0.15, -0.1) is 0 Å². The Morgan fingerprint density at radius 1 is 1.43 bits per heavy atom. The second kappa shape index (κ2) is 5.23. The summed E-state index contributed by atoms with van der Waals surface area (Å²) in [5.41, 5.74) is 2.20. The van der Waals surface area contributed by atoms with E-state index in [1.54, 1.807) is 7.11 Å². The van der Waals surface area contributed by atoms with Crippen LogP contribution in [0.4, 0.5) is 0 Å². The van der Waals surface area contributed by atoms with Crippen LogP contribution in [0.1, 0.15) is 11.1 Å². The Balaban J connectivity index is 2.91. The SMILES string of the molecule is CNCCc1cc(Cl)c(C)c(OC)c1. The standard InChI is InChI=1S/C11H16ClNO/c1-8-10(12)6-9(4-5-13-2)7-11(8)14-3/h6-7,13H,4-5H2,1-3H3. The van der Waals surface area contributed by atoms with Crippen LogP contribution < -0.4 is 10.1 Å². The number of nitrogens with one attached hydrogen (secondary N) is 1. The van der Waals surface area contributed by atoms with Crippen molar-refractivity contribution in [2.75, 3.05) is 20.7 Å². The normalized spacial score (nSPS) is 10.3. The number of ether oxygens (including phenoxy) is 1. The molecule has 2 nitrogen and oxygen atoms in total. The molecule has 0 spiro atoms. The number of hydrogen-bond donors (Lipinski definition) is 1. The average molecular weight is 214 g/mol. The van der Waals surface area contributed by atoms with Crippen molar-refractivity contribution in [3.8, 4) is 5.75 Å². The van der Waals surface area contributed by atoms with Gasteiger partial charge in [-0.25, -0.2) is 0 Å². The molecule has 0 aliphatic rings. The van der Waals surface area contributed by atoms with E-state index in [1.807, 2.05) is 26.1 Å². The number of methoxy groups -OCH3 is 1. The van der Waals surface area contributed by atoms with Crippen molar-refractivity contribution in [1.29, 1.82) is 0 Å². The molecule has 0 radical (unpaired) electrons. The topological polar surface area (TPSA) is 21.3 Å². The predicted octanol–water partition coefficient (Wildman–Crippen LogP) is 2.42. The molecule has 1 aromatic carbocycles. The van der Waals surface area contributed by atoms with Crippen LogP contribution in [0, 0.1) is 6.92 Å². The third-order valence-electron chi connectivity index (χ3n) is 2.24. The molecule has 0 amide bonds. The summed E-state index contributed by atoms with van der Waals surface area (Å²) >= 11 is 6.08. The first-order chi connectivity index (χ1) is 6.69. The number of hydrogen-bond acceptors (Lipinski definition) is 2. The molecular formula is C11H16ClNO. The fourth-order valence-corrected chi connectivity index (χ4v) is 1.57. The molecule has 14 heavy (non-hydrogen) atoms. The highest BCUT2D eigenvalue weighted by Crippen LogP contribution is 2.27. The van der Waals surface area contributed by atoms with E-state index in [-0.39, 0.29) is 0 Å². The van der Waals surface area contributed by atoms with Crippen LogP contribution in [0.5, 0.6) is 5.75 Å². The molecule has 0 aromatic heterocycles. The Labute approximate surface area is 90.2 Å². The molecule has 0 unspecified atom stereocenters. The van der Waals surface area contributed by atoms with Crippen LogP contribution in [-0.2, 0) is 6.42 Å². The van der Waals surface area contributed by atoms with Gasteiger partial charge in [-0.1, -0.05) is 11.6 Å². The summed E-state index contributed by atoms with van der Waals surface area (Å²) in [4.78, 5) is 0. The van der Waals surface area contributed by atoms with Gasteiger partial charge in [0.05, 0.1) is 7.11 Å². The maximum atomic E-state index is 6.08. The average Bonchev–Trinajstić information content (AvgIpc) is 2.19. The van der Waals surface area contributed by atoms with Gasteiger partial charge in [0.25, 0.3) is 0 Å². The van der Waals surface area contributed by atoms with E-state index < -0.39 is 0 Å². The maximum Gasteiger partial charge on any atom is 0.123 e. The zero-order valence-electron chi connectivity index (χ0n) is 8.86. The van der Waals surface area contributed by atoms with Crippen molar-refractivity contribution in [3.05, 3.63) is 28.3 Å². The maximum absolute atomic E-state index is 6.08. The fraction of sp³-hybridized carbons (Fsp3) is 0.455. The summed E-state index contributed by atoms with van der Waals surface area (Å²) in [5.74, 6) is 0.864. The van der Waals surface area contributed by atoms with Crippen LogP contribution >= 0.6 is 11.6 Å². The lowest BCUT2D eigenvalue weighted by Gasteiger charge is -2.09. The van der Waals surface area contributed by atoms with E-state index in [4.69, 9.17) is 16.3 Å². The Hall–Kier alpha value is -0.730. The van der Waals surface area contributed by atoms with Gasteiger partial charge in [0.15, 0.2) is 0 Å². The Kier molecular flexibility index (Phi) is 4.23. The van der Waals surface area contributed by atoms with Gasteiger partial charge in [0, 0.05) is 10.6 Å². The molecule has 1 aromatic rings. The number of rotatable bonds is 4. The van der Waals surface area contributed by atoms with Crippen molar-refractivity contribution >= 4 is 11.6 Å². The Morgan fingerprint density at radius 2 is 2.14 bits per heavy atom. The van der Waals surface area contributed by atoms with E-state index in [1.165, 1.54) is 5.56 Å². The second-order valence-electron chi connectivity index (χ2n) is 3.26. The van der Waals surface area contributed by atoms with Gasteiger partial charge < -0.3 is 10.1 Å². The second-order valence-corrected chi connectivity index (χ2v) is 3.67. The summed E-state index contributed by atoms with van der Waals surface area (Å²) in [6.07, 6.45) is 0.965. The molecule has 0 saturated heterocycles. The van der Waals surface area contributed by atoms with Crippen LogP contribution in [0.3, 0.4) is 0 Å². The van der Waals surface area contributed by atoms with Gasteiger partial charge in [-0.2, -0.15) is 0 Å². The largest absolute Gasteiger partial charge is 0.496 e. The fourth-order valence-electron chi connectivity index (χ4n) is 1.33. The van der Waals surface area contributed by atoms with Crippen molar-refractivity contribution < 1.29 is 4.74 Å². The molecule has 0 heterocycles. The van der Waals surface area contributed by atoms with Gasteiger partial charge in [-0.05, 0) is 44.6 Å². The molecule has 0 atom stereocenters. The third-order valence-corrected chi connectivity index (χ3v) is 2.63. The van der Waals surface area contributed by atoms with Gasteiger partial charge in [0.1, 0.15) is 5.75 Å². The van der Waals surface area contributed by atoms with Gasteiger partial charge in [-0.3, -0.25) is 0 Å². The van der Waals surface area contributed by atoms with Crippen LogP contribution in [-0.4, -0.2) is 20.7 Å². The lowest BCUT2D eigenvalue weighted by atomic mass is 10.1. The molecule has 1 rings (SSSR count). The van der Waals surface area contributed by atoms with Crippen molar-refractivity contribution in [2.24, 2.45) is 0 Å². The summed E-state index contributed by atoms with van der Waals surface area (Å²) in [6.45, 7) is 2.91. The number of likely N-dealkylation sites (N-methyl/N-ethyl adjacent to an activating group) is 1. The van der Waals surface area contributed by atoms with E-state index in [9.17, 15) is 0 Å². The molecule has 0 aliphatic heterocycles. The first-order valence-electron chi connectivity index (χ1n) is 4.66. The zero-order valence-corrected chi connectivity index (χ0v) is 9.61. The van der Waals surface area contributed by atoms with Crippen LogP contribution in [0.2, 0.25) is 5.02 Å². The lowest BCUT2D eigenvalue weighted by Crippen LogP contribution is -2.10. The highest BCUT2D eigenvalue weighted by molar-refractivity contribution is 6.31. The van der Waals surface area contributed by atoms with E-state index >= 15 is 0 Å². The van der Waals surface area contributed by atoms with Gasteiger partial charge >= 0.3 is 0 Å². The smallest absolute Gasteiger partial charge is 0.123 e. The monoisotopic (exact) mass is 213 g/mol. The Morgan fingerprint density at radius 3 is 2.71 bits per heavy atom. The first-order valence-corrected chi connectivity index (χ1v) is 5.04. The summed E-state index contributed by atoms with van der Waals surface area (Å²) < 4.78 is 5.24. The third kappa shape index (κ3) is 2.63. The quantitative estimate of drug-likeness (QED) is 0.830. The van der Waals surface area contributed by atoms with Crippen molar-refractivity contribution in [1.82, 2.24) is 5.32 Å². The minimum absolute atomic E-state index is 0.774. The van der Waals surface area contributed by atoms with E-state index in [2.05, 4.69) is 5.32 Å². The minimum Gasteiger partial charge on any atom is -0.496 e. The molecular weight excluding hydrogens is 198 g/mol. The Bertz CT molecular complexity index is 312. The minimum atomic E-state index is 0.774. The van der Waals surface area contributed by atoms with E-state index in [0.29, 0.717) is 0 Å². The van der Waals surface area contributed by atoms with E-state index in [0.717, 1.165) is 29.3 Å². The summed E-state index contributed by atoms with van der Waals surface area (Å²) in [7, 11) is 3.60. The number of benzene rings is 1.